The van der Waals surface area contributed by atoms with Crippen LogP contribution in [0.1, 0.15) is 13.8 Å². The molecular formula is C7H10N2. The summed E-state index contributed by atoms with van der Waals surface area (Å²) in [6, 6.07) is 1.83. The molecule has 0 radical (unpaired) electrons. The Bertz CT molecular complexity index is 182. The Morgan fingerprint density at radius 3 is 2.56 bits per heavy atom. The topological polar surface area (TPSA) is 49.8 Å². The number of allylic oxidation sites excluding steroid dienone is 4. The van der Waals surface area contributed by atoms with Gasteiger partial charge in [-0.05, 0) is 19.9 Å². The second-order valence-corrected chi connectivity index (χ2v) is 1.74. The molecule has 0 aliphatic heterocycles. The van der Waals surface area contributed by atoms with E-state index in [9.17, 15) is 0 Å². The predicted octanol–water partition coefficient (Wildman–Crippen LogP) is 1.32. The van der Waals surface area contributed by atoms with Crippen LogP contribution in [0.15, 0.2) is 23.4 Å². The van der Waals surface area contributed by atoms with E-state index in [-0.39, 0.29) is 5.70 Å². The third-order valence-corrected chi connectivity index (χ3v) is 0.968. The first-order valence-corrected chi connectivity index (χ1v) is 2.71. The van der Waals surface area contributed by atoms with Gasteiger partial charge in [-0.1, -0.05) is 11.6 Å². The number of nitriles is 1. The molecule has 0 atom stereocenters. The molecule has 0 aromatic rings. The van der Waals surface area contributed by atoms with E-state index in [1.165, 1.54) is 0 Å². The summed E-state index contributed by atoms with van der Waals surface area (Å²) in [5.74, 6) is 0. The number of nitrogens with zero attached hydrogens (tertiary/aromatic N) is 1. The Morgan fingerprint density at radius 1 is 1.67 bits per heavy atom. The Morgan fingerprint density at radius 2 is 2.22 bits per heavy atom. The highest BCUT2D eigenvalue weighted by molar-refractivity contribution is 5.27. The molecule has 0 aromatic carbocycles. The molecule has 0 amide bonds. The molecule has 2 heteroatoms. The molecule has 48 valence electrons. The second-order valence-electron chi connectivity index (χ2n) is 1.74. The fourth-order valence-electron chi connectivity index (χ4n) is 0.361. The smallest absolute Gasteiger partial charge is 0.117 e. The van der Waals surface area contributed by atoms with Gasteiger partial charge in [-0.3, -0.25) is 0 Å². The zero-order chi connectivity index (χ0) is 7.28. The van der Waals surface area contributed by atoms with Gasteiger partial charge in [0.05, 0.1) is 0 Å². The SMILES string of the molecule is C/C=C(C)\C=C(/N)C#N. The summed E-state index contributed by atoms with van der Waals surface area (Å²) in [6.45, 7) is 3.79. The average Bonchev–Trinajstić information content (AvgIpc) is 1.87. The lowest BCUT2D eigenvalue weighted by Crippen LogP contribution is -1.92. The van der Waals surface area contributed by atoms with Gasteiger partial charge in [0.2, 0.25) is 0 Å². The Balaban J connectivity index is 4.17. The first-order chi connectivity index (χ1) is 4.20. The molecule has 2 N–H and O–H groups in total. The Kier molecular flexibility index (Phi) is 3.22. The molecule has 0 unspecified atom stereocenters. The van der Waals surface area contributed by atoms with E-state index in [1.54, 1.807) is 6.08 Å². The van der Waals surface area contributed by atoms with Crippen LogP contribution in [-0.2, 0) is 0 Å². The van der Waals surface area contributed by atoms with Crippen molar-refractivity contribution < 1.29 is 0 Å². The summed E-state index contributed by atoms with van der Waals surface area (Å²) in [5.41, 5.74) is 6.47. The van der Waals surface area contributed by atoms with Gasteiger partial charge in [0.1, 0.15) is 11.8 Å². The molecule has 0 rings (SSSR count). The lowest BCUT2D eigenvalue weighted by atomic mass is 10.2. The molecule has 0 fully saturated rings. The summed E-state index contributed by atoms with van der Waals surface area (Å²) in [7, 11) is 0. The van der Waals surface area contributed by atoms with Crippen LogP contribution in [0, 0.1) is 11.3 Å². The fourth-order valence-corrected chi connectivity index (χ4v) is 0.361. The first-order valence-electron chi connectivity index (χ1n) is 2.71. The van der Waals surface area contributed by atoms with Gasteiger partial charge in [0.15, 0.2) is 0 Å². The third kappa shape index (κ3) is 3.36. The minimum absolute atomic E-state index is 0.255. The van der Waals surface area contributed by atoms with Gasteiger partial charge < -0.3 is 5.73 Å². The van der Waals surface area contributed by atoms with Crippen molar-refractivity contribution in [2.45, 2.75) is 13.8 Å². The highest BCUT2D eigenvalue weighted by atomic mass is 14.6. The summed E-state index contributed by atoms with van der Waals surface area (Å²) in [5, 5.41) is 8.21. The van der Waals surface area contributed by atoms with Crippen LogP contribution >= 0.6 is 0 Å². The maximum Gasteiger partial charge on any atom is 0.117 e. The third-order valence-electron chi connectivity index (χ3n) is 0.968. The highest BCUT2D eigenvalue weighted by Crippen LogP contribution is 1.94. The normalized spacial score (nSPS) is 13.0. The van der Waals surface area contributed by atoms with Crippen molar-refractivity contribution in [1.29, 1.82) is 5.26 Å². The van der Waals surface area contributed by atoms with Crippen molar-refractivity contribution in [3.05, 3.63) is 23.4 Å². The lowest BCUT2D eigenvalue weighted by molar-refractivity contribution is 1.35. The van der Waals surface area contributed by atoms with E-state index in [0.29, 0.717) is 0 Å². The summed E-state index contributed by atoms with van der Waals surface area (Å²) >= 11 is 0. The van der Waals surface area contributed by atoms with Gasteiger partial charge in [-0.2, -0.15) is 5.26 Å². The van der Waals surface area contributed by atoms with Crippen molar-refractivity contribution in [2.75, 3.05) is 0 Å². The van der Waals surface area contributed by atoms with Crippen LogP contribution in [0.4, 0.5) is 0 Å². The molecule has 0 heterocycles. The van der Waals surface area contributed by atoms with Crippen molar-refractivity contribution >= 4 is 0 Å². The van der Waals surface area contributed by atoms with Gasteiger partial charge in [0.25, 0.3) is 0 Å². The van der Waals surface area contributed by atoms with Gasteiger partial charge in [0, 0.05) is 0 Å². The van der Waals surface area contributed by atoms with Crippen LogP contribution in [0.25, 0.3) is 0 Å². The van der Waals surface area contributed by atoms with Crippen LogP contribution in [0.5, 0.6) is 0 Å². The zero-order valence-electron chi connectivity index (χ0n) is 5.68. The minimum atomic E-state index is 0.255. The van der Waals surface area contributed by atoms with Gasteiger partial charge >= 0.3 is 0 Å². The molecule has 0 spiro atoms. The van der Waals surface area contributed by atoms with E-state index in [4.69, 9.17) is 11.0 Å². The van der Waals surface area contributed by atoms with Crippen LogP contribution in [-0.4, -0.2) is 0 Å². The van der Waals surface area contributed by atoms with E-state index < -0.39 is 0 Å². The molecule has 0 aliphatic rings. The Labute approximate surface area is 55.3 Å². The van der Waals surface area contributed by atoms with E-state index >= 15 is 0 Å². The number of nitrogens with two attached hydrogens (primary N) is 1. The van der Waals surface area contributed by atoms with Crippen LogP contribution in [0.3, 0.4) is 0 Å². The van der Waals surface area contributed by atoms with E-state index in [0.717, 1.165) is 5.57 Å². The molecule has 0 aliphatic carbocycles. The minimum Gasteiger partial charge on any atom is -0.390 e. The molecule has 0 saturated heterocycles. The summed E-state index contributed by atoms with van der Waals surface area (Å²) < 4.78 is 0. The maximum atomic E-state index is 8.21. The van der Waals surface area contributed by atoms with E-state index in [2.05, 4.69) is 0 Å². The Hall–Kier alpha value is -1.23. The van der Waals surface area contributed by atoms with Crippen molar-refractivity contribution in [1.82, 2.24) is 0 Å². The van der Waals surface area contributed by atoms with Crippen molar-refractivity contribution in [3.8, 4) is 6.07 Å². The quantitative estimate of drug-likeness (QED) is 0.421. The maximum absolute atomic E-state index is 8.21. The number of hydrogen-bond donors (Lipinski definition) is 1. The second kappa shape index (κ2) is 3.73. The largest absolute Gasteiger partial charge is 0.390 e. The molecule has 9 heavy (non-hydrogen) atoms. The standard InChI is InChI=1S/C7H10N2/c1-3-6(2)4-7(9)5-8/h3-4H,9H2,1-2H3/b6-3-,7-4-. The molecule has 0 saturated carbocycles. The summed E-state index contributed by atoms with van der Waals surface area (Å²) in [6.07, 6.45) is 3.53. The number of hydrogen-bond acceptors (Lipinski definition) is 2. The molecular weight excluding hydrogens is 112 g/mol. The average molecular weight is 122 g/mol. The van der Waals surface area contributed by atoms with Gasteiger partial charge in [-0.15, -0.1) is 0 Å². The van der Waals surface area contributed by atoms with Crippen LogP contribution < -0.4 is 5.73 Å². The zero-order valence-corrected chi connectivity index (χ0v) is 5.68. The number of rotatable bonds is 1. The molecule has 0 aromatic heterocycles. The van der Waals surface area contributed by atoms with E-state index in [1.807, 2.05) is 26.0 Å². The monoisotopic (exact) mass is 122 g/mol. The predicted molar refractivity (Wildman–Crippen MR) is 37.3 cm³/mol. The first kappa shape index (κ1) is 7.77. The summed E-state index contributed by atoms with van der Waals surface area (Å²) in [4.78, 5) is 0. The van der Waals surface area contributed by atoms with Crippen molar-refractivity contribution in [3.63, 3.8) is 0 Å². The molecule has 0 bridgehead atoms. The highest BCUT2D eigenvalue weighted by Gasteiger charge is 1.83. The lowest BCUT2D eigenvalue weighted by Gasteiger charge is -1.86. The molecule has 2 nitrogen and oxygen atoms in total. The van der Waals surface area contributed by atoms with Gasteiger partial charge in [-0.25, -0.2) is 0 Å². The fraction of sp³-hybridized carbons (Fsp3) is 0.286. The van der Waals surface area contributed by atoms with Crippen LogP contribution in [0.2, 0.25) is 0 Å². The van der Waals surface area contributed by atoms with Crippen molar-refractivity contribution in [2.24, 2.45) is 5.73 Å².